The molecule has 1 heterocycles. The summed E-state index contributed by atoms with van der Waals surface area (Å²) in [5.74, 6) is -0.681. The average Bonchev–Trinajstić information content (AvgIpc) is 2.17. The molecule has 1 aliphatic rings. The molecular weight excluding hydrogens is 186 g/mol. The number of piperidine rings is 1. The van der Waals surface area contributed by atoms with E-state index in [2.05, 4.69) is 4.74 Å². The van der Waals surface area contributed by atoms with E-state index in [1.165, 1.54) is 6.42 Å². The predicted molar refractivity (Wildman–Crippen MR) is 49.0 cm³/mol. The first kappa shape index (κ1) is 11.0. The van der Waals surface area contributed by atoms with E-state index in [1.807, 2.05) is 4.90 Å². The third kappa shape index (κ3) is 2.99. The van der Waals surface area contributed by atoms with Crippen LogP contribution in [-0.2, 0) is 9.53 Å². The molecule has 0 aromatic carbocycles. The molecule has 0 aromatic rings. The third-order valence-electron chi connectivity index (χ3n) is 2.47. The van der Waals surface area contributed by atoms with E-state index < -0.39 is 18.2 Å². The summed E-state index contributed by atoms with van der Waals surface area (Å²) < 4.78 is 4.10. The summed E-state index contributed by atoms with van der Waals surface area (Å²) in [7, 11) is 0. The number of likely N-dealkylation sites (tertiary alicyclic amines) is 1. The Morgan fingerprint density at radius 1 is 1.29 bits per heavy atom. The molecule has 0 bridgehead atoms. The molecule has 5 heteroatoms. The molecule has 0 spiro atoms. The Morgan fingerprint density at radius 3 is 2.36 bits per heavy atom. The summed E-state index contributed by atoms with van der Waals surface area (Å²) in [4.78, 5) is 23.3. The molecule has 1 N–H and O–H groups in total. The first-order chi connectivity index (χ1) is 6.61. The minimum absolute atomic E-state index is 0.452. The van der Waals surface area contributed by atoms with Crippen LogP contribution in [0.4, 0.5) is 4.79 Å². The van der Waals surface area contributed by atoms with Gasteiger partial charge < -0.3 is 9.84 Å². The molecule has 0 radical (unpaired) electrons. The monoisotopic (exact) mass is 201 g/mol. The van der Waals surface area contributed by atoms with E-state index in [-0.39, 0.29) is 0 Å². The lowest BCUT2D eigenvalue weighted by Gasteiger charge is -2.30. The number of hydrogen-bond donors (Lipinski definition) is 1. The molecule has 1 rings (SSSR count). The van der Waals surface area contributed by atoms with E-state index in [9.17, 15) is 9.59 Å². The second-order valence-corrected chi connectivity index (χ2v) is 3.46. The zero-order valence-corrected chi connectivity index (χ0v) is 8.23. The van der Waals surface area contributed by atoms with Crippen LogP contribution < -0.4 is 0 Å². The van der Waals surface area contributed by atoms with Crippen LogP contribution in [0.15, 0.2) is 0 Å². The molecule has 1 unspecified atom stereocenters. The standard InChI is InChI=1S/C9H15NO4/c1-7(8(11)14-9(12)13)10-5-3-2-4-6-10/h7H,2-6H2,1H3,(H,12,13). The molecule has 0 saturated carbocycles. The van der Waals surface area contributed by atoms with E-state index in [0.717, 1.165) is 25.9 Å². The van der Waals surface area contributed by atoms with Gasteiger partial charge in [-0.05, 0) is 32.9 Å². The fourth-order valence-electron chi connectivity index (χ4n) is 1.63. The molecule has 14 heavy (non-hydrogen) atoms. The average molecular weight is 201 g/mol. The Bertz CT molecular complexity index is 223. The molecule has 80 valence electrons. The number of ether oxygens (including phenoxy) is 1. The number of rotatable bonds is 2. The maximum atomic E-state index is 11.2. The lowest BCUT2D eigenvalue weighted by atomic mass is 10.1. The molecule has 1 atom stereocenters. The topological polar surface area (TPSA) is 66.8 Å². The lowest BCUT2D eigenvalue weighted by molar-refractivity contribution is -0.144. The van der Waals surface area contributed by atoms with Crippen LogP contribution in [0.2, 0.25) is 0 Å². The van der Waals surface area contributed by atoms with Gasteiger partial charge in [-0.3, -0.25) is 4.90 Å². The zero-order valence-electron chi connectivity index (χ0n) is 8.23. The lowest BCUT2D eigenvalue weighted by Crippen LogP contribution is -2.43. The third-order valence-corrected chi connectivity index (χ3v) is 2.47. The Kier molecular flexibility index (Phi) is 3.88. The normalized spacial score (nSPS) is 20.1. The fourth-order valence-corrected chi connectivity index (χ4v) is 1.63. The molecule has 0 aromatic heterocycles. The molecule has 1 saturated heterocycles. The van der Waals surface area contributed by atoms with Crippen molar-refractivity contribution in [1.82, 2.24) is 4.90 Å². The van der Waals surface area contributed by atoms with E-state index in [4.69, 9.17) is 5.11 Å². The van der Waals surface area contributed by atoms with Gasteiger partial charge in [-0.1, -0.05) is 6.42 Å². The van der Waals surface area contributed by atoms with Crippen LogP contribution in [0, 0.1) is 0 Å². The van der Waals surface area contributed by atoms with Crippen molar-refractivity contribution >= 4 is 12.1 Å². The van der Waals surface area contributed by atoms with Crippen molar-refractivity contribution in [3.63, 3.8) is 0 Å². The summed E-state index contributed by atoms with van der Waals surface area (Å²) in [6.07, 6.45) is 1.77. The second kappa shape index (κ2) is 4.95. The smallest absolute Gasteiger partial charge is 0.449 e. The van der Waals surface area contributed by atoms with Crippen molar-refractivity contribution in [3.05, 3.63) is 0 Å². The summed E-state index contributed by atoms with van der Waals surface area (Å²) in [6, 6.07) is -0.452. The Morgan fingerprint density at radius 2 is 1.86 bits per heavy atom. The fraction of sp³-hybridized carbons (Fsp3) is 0.778. The number of carboxylic acid groups (broad SMARTS) is 1. The largest absolute Gasteiger partial charge is 0.513 e. The highest BCUT2D eigenvalue weighted by molar-refractivity contribution is 5.84. The van der Waals surface area contributed by atoms with E-state index in [0.29, 0.717) is 0 Å². The number of esters is 1. The number of hydrogen-bond acceptors (Lipinski definition) is 4. The van der Waals surface area contributed by atoms with Gasteiger partial charge in [0.25, 0.3) is 0 Å². The zero-order chi connectivity index (χ0) is 10.6. The highest BCUT2D eigenvalue weighted by Gasteiger charge is 2.25. The highest BCUT2D eigenvalue weighted by atomic mass is 16.7. The molecule has 1 fully saturated rings. The SMILES string of the molecule is CC(C(=O)OC(=O)O)N1CCCCC1. The maximum Gasteiger partial charge on any atom is 0.513 e. The minimum atomic E-state index is -1.53. The highest BCUT2D eigenvalue weighted by Crippen LogP contribution is 2.12. The molecule has 0 aliphatic carbocycles. The van der Waals surface area contributed by atoms with Crippen molar-refractivity contribution in [2.45, 2.75) is 32.2 Å². The Labute approximate surface area is 82.6 Å². The quantitative estimate of drug-likeness (QED) is 0.535. The van der Waals surface area contributed by atoms with E-state index >= 15 is 0 Å². The van der Waals surface area contributed by atoms with Gasteiger partial charge in [0.2, 0.25) is 0 Å². The van der Waals surface area contributed by atoms with Crippen molar-refractivity contribution in [1.29, 1.82) is 0 Å². The predicted octanol–water partition coefficient (Wildman–Crippen LogP) is 1.08. The van der Waals surface area contributed by atoms with Crippen molar-refractivity contribution < 1.29 is 19.4 Å². The maximum absolute atomic E-state index is 11.2. The van der Waals surface area contributed by atoms with Crippen LogP contribution in [0.25, 0.3) is 0 Å². The second-order valence-electron chi connectivity index (χ2n) is 3.46. The van der Waals surface area contributed by atoms with Gasteiger partial charge in [0.15, 0.2) is 0 Å². The van der Waals surface area contributed by atoms with Gasteiger partial charge in [0.05, 0.1) is 0 Å². The van der Waals surface area contributed by atoms with Crippen LogP contribution >= 0.6 is 0 Å². The van der Waals surface area contributed by atoms with E-state index in [1.54, 1.807) is 6.92 Å². The molecule has 0 amide bonds. The summed E-state index contributed by atoms with van der Waals surface area (Å²) >= 11 is 0. The van der Waals surface area contributed by atoms with Gasteiger partial charge in [0, 0.05) is 0 Å². The Balaban J connectivity index is 2.41. The van der Waals surface area contributed by atoms with Gasteiger partial charge in [-0.2, -0.15) is 0 Å². The first-order valence-corrected chi connectivity index (χ1v) is 4.80. The number of carbonyl (C=O) groups is 2. The van der Waals surface area contributed by atoms with Gasteiger partial charge in [0.1, 0.15) is 6.04 Å². The van der Waals surface area contributed by atoms with Crippen molar-refractivity contribution in [2.75, 3.05) is 13.1 Å². The van der Waals surface area contributed by atoms with Gasteiger partial charge in [-0.25, -0.2) is 9.59 Å². The van der Waals surface area contributed by atoms with Crippen LogP contribution in [0.1, 0.15) is 26.2 Å². The summed E-state index contributed by atoms with van der Waals surface area (Å²) in [6.45, 7) is 3.36. The Hall–Kier alpha value is -1.10. The molecular formula is C9H15NO4. The first-order valence-electron chi connectivity index (χ1n) is 4.80. The molecule has 5 nitrogen and oxygen atoms in total. The number of carbonyl (C=O) groups excluding carboxylic acids is 1. The van der Waals surface area contributed by atoms with Crippen LogP contribution in [0.3, 0.4) is 0 Å². The number of nitrogens with zero attached hydrogens (tertiary/aromatic N) is 1. The summed E-state index contributed by atoms with van der Waals surface area (Å²) in [5, 5.41) is 8.27. The van der Waals surface area contributed by atoms with Crippen molar-refractivity contribution in [2.24, 2.45) is 0 Å². The van der Waals surface area contributed by atoms with Gasteiger partial charge >= 0.3 is 12.1 Å². The summed E-state index contributed by atoms with van der Waals surface area (Å²) in [5.41, 5.74) is 0. The molecule has 1 aliphatic heterocycles. The van der Waals surface area contributed by atoms with Crippen LogP contribution in [-0.4, -0.2) is 41.3 Å². The van der Waals surface area contributed by atoms with Gasteiger partial charge in [-0.15, -0.1) is 0 Å². The van der Waals surface area contributed by atoms with Crippen molar-refractivity contribution in [3.8, 4) is 0 Å². The minimum Gasteiger partial charge on any atom is -0.449 e. The van der Waals surface area contributed by atoms with Crippen LogP contribution in [0.5, 0.6) is 0 Å².